The SMILES string of the molecule is COc1ccsc1C(=O)c1ccc(C)c(Cl)c1. The Balaban J connectivity index is 2.40. The Morgan fingerprint density at radius 3 is 2.76 bits per heavy atom. The fourth-order valence-electron chi connectivity index (χ4n) is 1.49. The molecule has 1 aromatic carbocycles. The lowest BCUT2D eigenvalue weighted by Crippen LogP contribution is -2.01. The van der Waals surface area contributed by atoms with E-state index < -0.39 is 0 Å². The molecule has 0 saturated carbocycles. The first-order valence-electron chi connectivity index (χ1n) is 5.06. The number of thiophene rings is 1. The fourth-order valence-corrected chi connectivity index (χ4v) is 2.49. The van der Waals surface area contributed by atoms with E-state index in [-0.39, 0.29) is 5.78 Å². The molecule has 0 fully saturated rings. The molecular formula is C13H11ClO2S. The van der Waals surface area contributed by atoms with Crippen LogP contribution in [0.2, 0.25) is 5.02 Å². The third kappa shape index (κ3) is 2.35. The molecule has 0 aliphatic carbocycles. The van der Waals surface area contributed by atoms with Crippen molar-refractivity contribution in [3.05, 3.63) is 50.7 Å². The lowest BCUT2D eigenvalue weighted by atomic mass is 10.1. The van der Waals surface area contributed by atoms with Crippen LogP contribution >= 0.6 is 22.9 Å². The molecule has 0 aliphatic heterocycles. The number of carbonyl (C=O) groups excluding carboxylic acids is 1. The van der Waals surface area contributed by atoms with E-state index in [1.165, 1.54) is 11.3 Å². The van der Waals surface area contributed by atoms with Crippen LogP contribution in [0.5, 0.6) is 5.75 Å². The van der Waals surface area contributed by atoms with Crippen molar-refractivity contribution in [2.24, 2.45) is 0 Å². The molecule has 88 valence electrons. The Labute approximate surface area is 109 Å². The largest absolute Gasteiger partial charge is 0.495 e. The molecule has 2 rings (SSSR count). The zero-order valence-electron chi connectivity index (χ0n) is 9.49. The molecule has 0 N–H and O–H groups in total. The predicted octanol–water partition coefficient (Wildman–Crippen LogP) is 3.95. The zero-order valence-corrected chi connectivity index (χ0v) is 11.1. The maximum Gasteiger partial charge on any atom is 0.206 e. The molecule has 1 aromatic heterocycles. The van der Waals surface area contributed by atoms with Crippen LogP contribution in [0, 0.1) is 6.92 Å². The van der Waals surface area contributed by atoms with Crippen molar-refractivity contribution in [3.8, 4) is 5.75 Å². The number of aryl methyl sites for hydroxylation is 1. The first kappa shape index (κ1) is 12.1. The van der Waals surface area contributed by atoms with Crippen molar-refractivity contribution in [3.63, 3.8) is 0 Å². The highest BCUT2D eigenvalue weighted by Gasteiger charge is 2.16. The number of rotatable bonds is 3. The van der Waals surface area contributed by atoms with Gasteiger partial charge >= 0.3 is 0 Å². The molecule has 0 aliphatic rings. The van der Waals surface area contributed by atoms with E-state index in [0.717, 1.165) is 5.56 Å². The minimum Gasteiger partial charge on any atom is -0.495 e. The van der Waals surface area contributed by atoms with Crippen molar-refractivity contribution < 1.29 is 9.53 Å². The Hall–Kier alpha value is -1.32. The summed E-state index contributed by atoms with van der Waals surface area (Å²) < 4.78 is 5.14. The van der Waals surface area contributed by atoms with Crippen molar-refractivity contribution in [1.82, 2.24) is 0 Å². The number of ether oxygens (including phenoxy) is 1. The summed E-state index contributed by atoms with van der Waals surface area (Å²) in [5.74, 6) is 0.551. The maximum absolute atomic E-state index is 12.2. The Morgan fingerprint density at radius 2 is 2.12 bits per heavy atom. The highest BCUT2D eigenvalue weighted by atomic mass is 35.5. The number of carbonyl (C=O) groups is 1. The number of halogens is 1. The predicted molar refractivity (Wildman–Crippen MR) is 70.5 cm³/mol. The number of ketones is 1. The first-order chi connectivity index (χ1) is 8.13. The van der Waals surface area contributed by atoms with Gasteiger partial charge in [-0.15, -0.1) is 11.3 Å². The van der Waals surface area contributed by atoms with Gasteiger partial charge in [0.25, 0.3) is 0 Å². The maximum atomic E-state index is 12.2. The van der Waals surface area contributed by atoms with Crippen molar-refractivity contribution in [2.75, 3.05) is 7.11 Å². The Kier molecular flexibility index (Phi) is 3.50. The number of hydrogen-bond acceptors (Lipinski definition) is 3. The molecule has 0 atom stereocenters. The van der Waals surface area contributed by atoms with Crippen molar-refractivity contribution in [1.29, 1.82) is 0 Å². The van der Waals surface area contributed by atoms with Gasteiger partial charge in [-0.1, -0.05) is 23.7 Å². The van der Waals surface area contributed by atoms with E-state index >= 15 is 0 Å². The molecule has 1 heterocycles. The summed E-state index contributed by atoms with van der Waals surface area (Å²) >= 11 is 7.38. The van der Waals surface area contributed by atoms with E-state index in [9.17, 15) is 4.79 Å². The monoisotopic (exact) mass is 266 g/mol. The molecule has 0 unspecified atom stereocenters. The number of hydrogen-bond donors (Lipinski definition) is 0. The third-order valence-corrected chi connectivity index (χ3v) is 3.79. The summed E-state index contributed by atoms with van der Waals surface area (Å²) in [7, 11) is 1.56. The van der Waals surface area contributed by atoms with E-state index in [2.05, 4.69) is 0 Å². The molecular weight excluding hydrogens is 256 g/mol. The smallest absolute Gasteiger partial charge is 0.206 e. The minimum atomic E-state index is -0.0567. The normalized spacial score (nSPS) is 10.3. The summed E-state index contributed by atoms with van der Waals surface area (Å²) in [6, 6.07) is 7.10. The summed E-state index contributed by atoms with van der Waals surface area (Å²) in [5.41, 5.74) is 1.54. The quantitative estimate of drug-likeness (QED) is 0.787. The molecule has 2 aromatic rings. The third-order valence-electron chi connectivity index (χ3n) is 2.49. The molecule has 17 heavy (non-hydrogen) atoms. The topological polar surface area (TPSA) is 26.3 Å². The second-order valence-corrected chi connectivity index (χ2v) is 4.93. The van der Waals surface area contributed by atoms with Gasteiger partial charge in [-0.05, 0) is 30.0 Å². The number of benzene rings is 1. The van der Waals surface area contributed by atoms with Crippen LogP contribution in [0.4, 0.5) is 0 Å². The highest BCUT2D eigenvalue weighted by Crippen LogP contribution is 2.28. The summed E-state index contributed by atoms with van der Waals surface area (Å²) in [4.78, 5) is 12.8. The van der Waals surface area contributed by atoms with Gasteiger partial charge in [0.2, 0.25) is 5.78 Å². The van der Waals surface area contributed by atoms with Gasteiger partial charge in [-0.3, -0.25) is 4.79 Å². The van der Waals surface area contributed by atoms with Crippen LogP contribution in [0.15, 0.2) is 29.6 Å². The molecule has 0 radical (unpaired) electrons. The average Bonchev–Trinajstić information content (AvgIpc) is 2.80. The van der Waals surface area contributed by atoms with Crippen LogP contribution in [0.25, 0.3) is 0 Å². The lowest BCUT2D eigenvalue weighted by molar-refractivity contribution is 0.104. The minimum absolute atomic E-state index is 0.0567. The van der Waals surface area contributed by atoms with Gasteiger partial charge < -0.3 is 4.74 Å². The van der Waals surface area contributed by atoms with Gasteiger partial charge in [-0.2, -0.15) is 0 Å². The second kappa shape index (κ2) is 4.90. The molecule has 4 heteroatoms. The highest BCUT2D eigenvalue weighted by molar-refractivity contribution is 7.12. The van der Waals surface area contributed by atoms with Crippen molar-refractivity contribution in [2.45, 2.75) is 6.92 Å². The van der Waals surface area contributed by atoms with Crippen molar-refractivity contribution >= 4 is 28.7 Å². The first-order valence-corrected chi connectivity index (χ1v) is 6.31. The van der Waals surface area contributed by atoms with Gasteiger partial charge in [0.15, 0.2) is 0 Å². The van der Waals surface area contributed by atoms with Crippen LogP contribution in [-0.2, 0) is 0 Å². The fraction of sp³-hybridized carbons (Fsp3) is 0.154. The Morgan fingerprint density at radius 1 is 1.35 bits per heavy atom. The molecule has 2 nitrogen and oxygen atoms in total. The van der Waals surface area contributed by atoms with Crippen LogP contribution in [0.1, 0.15) is 20.8 Å². The second-order valence-electron chi connectivity index (χ2n) is 3.61. The molecule has 0 bridgehead atoms. The summed E-state index contributed by atoms with van der Waals surface area (Å²) in [6.07, 6.45) is 0. The van der Waals surface area contributed by atoms with E-state index in [1.54, 1.807) is 25.3 Å². The van der Waals surface area contributed by atoms with E-state index in [4.69, 9.17) is 16.3 Å². The molecule has 0 saturated heterocycles. The Bertz CT molecular complexity index is 560. The van der Waals surface area contributed by atoms with Gasteiger partial charge in [-0.25, -0.2) is 0 Å². The van der Waals surface area contributed by atoms with Gasteiger partial charge in [0.1, 0.15) is 10.6 Å². The lowest BCUT2D eigenvalue weighted by Gasteiger charge is -2.04. The zero-order chi connectivity index (χ0) is 12.4. The summed E-state index contributed by atoms with van der Waals surface area (Å²) in [6.45, 7) is 1.91. The van der Waals surface area contributed by atoms with Crippen LogP contribution < -0.4 is 4.74 Å². The molecule has 0 amide bonds. The number of methoxy groups -OCH3 is 1. The summed E-state index contributed by atoms with van der Waals surface area (Å²) in [5, 5.41) is 2.44. The standard InChI is InChI=1S/C13H11ClO2S/c1-8-3-4-9(7-10(8)14)12(15)13-11(16-2)5-6-17-13/h3-7H,1-2H3. The van der Waals surface area contributed by atoms with Gasteiger partial charge in [0, 0.05) is 10.6 Å². The van der Waals surface area contributed by atoms with Gasteiger partial charge in [0.05, 0.1) is 7.11 Å². The molecule has 0 spiro atoms. The average molecular weight is 267 g/mol. The van der Waals surface area contributed by atoms with E-state index in [0.29, 0.717) is 21.2 Å². The van der Waals surface area contributed by atoms with Crippen LogP contribution in [-0.4, -0.2) is 12.9 Å². The van der Waals surface area contributed by atoms with E-state index in [1.807, 2.05) is 18.4 Å². The van der Waals surface area contributed by atoms with Crippen LogP contribution in [0.3, 0.4) is 0 Å².